The van der Waals surface area contributed by atoms with E-state index in [4.69, 9.17) is 9.47 Å². The number of hydrogen-bond acceptors (Lipinski definition) is 3. The maximum absolute atomic E-state index is 11.5. The summed E-state index contributed by atoms with van der Waals surface area (Å²) in [5.74, 6) is 2.36. The van der Waals surface area contributed by atoms with Crippen LogP contribution in [0.25, 0.3) is 0 Å². The van der Waals surface area contributed by atoms with Gasteiger partial charge in [0.1, 0.15) is 6.10 Å². The zero-order valence-corrected chi connectivity index (χ0v) is 24.7. The lowest BCUT2D eigenvalue weighted by atomic mass is 9.41. The first-order chi connectivity index (χ1) is 16.7. The maximum Gasteiger partial charge on any atom is 0.163 e. The molecule has 6 fully saturated rings. The number of aliphatic hydroxyl groups is 1. The Hall–Kier alpha value is -0.380. The second-order valence-corrected chi connectivity index (χ2v) is 16.2. The van der Waals surface area contributed by atoms with E-state index < -0.39 is 11.9 Å². The summed E-state index contributed by atoms with van der Waals surface area (Å²) in [4.78, 5) is 0. The van der Waals surface area contributed by atoms with E-state index in [2.05, 4.69) is 68.4 Å². The smallest absolute Gasteiger partial charge is 0.163 e. The molecule has 5 aliphatic carbocycles. The zero-order chi connectivity index (χ0) is 26.1. The van der Waals surface area contributed by atoms with Gasteiger partial charge in [0, 0.05) is 5.41 Å². The number of rotatable bonds is 4. The minimum atomic E-state index is -0.598. The molecule has 0 radical (unpaired) electrons. The lowest BCUT2D eigenvalue weighted by Gasteiger charge is -2.64. The largest absolute Gasteiger partial charge is 0.390 e. The fourth-order valence-corrected chi connectivity index (χ4v) is 12.1. The predicted octanol–water partition coefficient (Wildman–Crippen LogP) is 7.91. The summed E-state index contributed by atoms with van der Waals surface area (Å²) in [6.07, 6.45) is 13.9. The van der Waals surface area contributed by atoms with Gasteiger partial charge >= 0.3 is 0 Å². The number of ether oxygens (including phenoxy) is 2. The molecule has 1 N–H and O–H groups in total. The second-order valence-electron chi connectivity index (χ2n) is 16.2. The van der Waals surface area contributed by atoms with Gasteiger partial charge in [-0.15, -0.1) is 0 Å². The Balaban J connectivity index is 1.33. The minimum Gasteiger partial charge on any atom is -0.390 e. The molecule has 0 aromatic rings. The molecule has 5 saturated carbocycles. The lowest BCUT2D eigenvalue weighted by molar-refractivity contribution is -0.208. The van der Waals surface area contributed by atoms with Crippen molar-refractivity contribution in [1.29, 1.82) is 0 Å². The van der Waals surface area contributed by atoms with Crippen LogP contribution in [-0.4, -0.2) is 29.2 Å². The van der Waals surface area contributed by atoms with Gasteiger partial charge in [-0.1, -0.05) is 46.3 Å². The van der Waals surface area contributed by atoms with E-state index in [1.54, 1.807) is 0 Å². The molecule has 0 aromatic carbocycles. The Morgan fingerprint density at radius 3 is 2.31 bits per heavy atom. The van der Waals surface area contributed by atoms with Crippen LogP contribution in [0.15, 0.2) is 11.6 Å². The van der Waals surface area contributed by atoms with Crippen molar-refractivity contribution in [3.63, 3.8) is 0 Å². The van der Waals surface area contributed by atoms with Crippen LogP contribution in [0.4, 0.5) is 0 Å². The van der Waals surface area contributed by atoms with E-state index in [0.717, 1.165) is 17.8 Å². The van der Waals surface area contributed by atoms with Crippen molar-refractivity contribution in [3.8, 4) is 0 Å². The van der Waals surface area contributed by atoms with Crippen LogP contribution in [0.3, 0.4) is 0 Å². The molecule has 11 unspecified atom stereocenters. The molecule has 6 aliphatic rings. The van der Waals surface area contributed by atoms with Gasteiger partial charge in [0.25, 0.3) is 0 Å². The molecule has 3 heteroatoms. The highest BCUT2D eigenvalue weighted by atomic mass is 16.8. The van der Waals surface area contributed by atoms with Gasteiger partial charge < -0.3 is 14.6 Å². The van der Waals surface area contributed by atoms with Crippen molar-refractivity contribution in [2.45, 2.75) is 144 Å². The highest BCUT2D eigenvalue weighted by Crippen LogP contribution is 2.89. The quantitative estimate of drug-likeness (QED) is 0.400. The summed E-state index contributed by atoms with van der Waals surface area (Å²) in [5, 5.41) is 11.5. The molecule has 3 nitrogen and oxygen atoms in total. The molecular weight excluding hydrogens is 444 g/mol. The van der Waals surface area contributed by atoms with Gasteiger partial charge in [0.15, 0.2) is 5.79 Å². The van der Waals surface area contributed by atoms with E-state index in [1.165, 1.54) is 63.4 Å². The van der Waals surface area contributed by atoms with Crippen molar-refractivity contribution < 1.29 is 14.6 Å². The summed E-state index contributed by atoms with van der Waals surface area (Å²) < 4.78 is 13.3. The van der Waals surface area contributed by atoms with Gasteiger partial charge in [0.05, 0.1) is 12.2 Å². The van der Waals surface area contributed by atoms with Crippen molar-refractivity contribution in [2.75, 3.05) is 0 Å². The van der Waals surface area contributed by atoms with Crippen molar-refractivity contribution in [3.05, 3.63) is 11.6 Å². The normalized spacial score (nSPS) is 54.4. The van der Waals surface area contributed by atoms with Crippen LogP contribution in [0, 0.1) is 50.7 Å². The Morgan fingerprint density at radius 1 is 0.917 bits per heavy atom. The zero-order valence-electron chi connectivity index (χ0n) is 24.7. The van der Waals surface area contributed by atoms with Gasteiger partial charge in [-0.2, -0.15) is 0 Å². The Kier molecular flexibility index (Phi) is 5.48. The van der Waals surface area contributed by atoms with Gasteiger partial charge in [0.2, 0.25) is 0 Å². The molecule has 2 spiro atoms. The topological polar surface area (TPSA) is 38.7 Å². The first-order valence-electron chi connectivity index (χ1n) is 15.3. The third-order valence-electron chi connectivity index (χ3n) is 13.9. The highest BCUT2D eigenvalue weighted by molar-refractivity contribution is 5.34. The molecule has 0 aromatic heterocycles. The number of allylic oxidation sites excluding steroid dienone is 2. The number of fused-ring (bicyclic) bond motifs is 3. The first-order valence-corrected chi connectivity index (χ1v) is 15.3. The predicted molar refractivity (Wildman–Crippen MR) is 145 cm³/mol. The Bertz CT molecular complexity index is 947. The van der Waals surface area contributed by atoms with Gasteiger partial charge in [-0.25, -0.2) is 0 Å². The SMILES string of the molecule is CC(C)=CCCC(C)C1CCC2(C)C3CCC4C(C)(C)C(O)C5OC(C)(C)OC5C45CC35CCC12C. The Morgan fingerprint density at radius 2 is 1.61 bits per heavy atom. The molecule has 1 aliphatic heterocycles. The first kappa shape index (κ1) is 25.9. The lowest BCUT2D eigenvalue weighted by Crippen LogP contribution is -2.65. The van der Waals surface area contributed by atoms with Crippen molar-refractivity contribution in [1.82, 2.24) is 0 Å². The molecule has 11 atom stereocenters. The van der Waals surface area contributed by atoms with Crippen LogP contribution in [-0.2, 0) is 9.47 Å². The molecule has 0 bridgehead atoms. The van der Waals surface area contributed by atoms with E-state index in [0.29, 0.717) is 22.2 Å². The van der Waals surface area contributed by atoms with E-state index in [9.17, 15) is 5.11 Å². The molecule has 1 heterocycles. The molecule has 1 saturated heterocycles. The van der Waals surface area contributed by atoms with Crippen LogP contribution in [0.1, 0.15) is 120 Å². The van der Waals surface area contributed by atoms with E-state index >= 15 is 0 Å². The van der Waals surface area contributed by atoms with Crippen molar-refractivity contribution >= 4 is 0 Å². The number of aliphatic hydroxyl groups excluding tert-OH is 1. The summed E-state index contributed by atoms with van der Waals surface area (Å²) in [6, 6.07) is 0. The third-order valence-corrected chi connectivity index (χ3v) is 13.9. The van der Waals surface area contributed by atoms with Crippen LogP contribution < -0.4 is 0 Å². The molecule has 36 heavy (non-hydrogen) atoms. The average molecular weight is 499 g/mol. The average Bonchev–Trinajstić information content (AvgIpc) is 3.24. The monoisotopic (exact) mass is 498 g/mol. The summed E-state index contributed by atoms with van der Waals surface area (Å²) in [5.41, 5.74) is 2.76. The maximum atomic E-state index is 11.5. The molecule has 6 rings (SSSR count). The summed E-state index contributed by atoms with van der Waals surface area (Å²) in [7, 11) is 0. The third kappa shape index (κ3) is 2.98. The second kappa shape index (κ2) is 7.63. The summed E-state index contributed by atoms with van der Waals surface area (Å²) in [6.45, 7) is 21.2. The van der Waals surface area contributed by atoms with Crippen molar-refractivity contribution in [2.24, 2.45) is 50.7 Å². The fraction of sp³-hybridized carbons (Fsp3) is 0.939. The van der Waals surface area contributed by atoms with Crippen LogP contribution in [0.5, 0.6) is 0 Å². The van der Waals surface area contributed by atoms with Gasteiger partial charge in [-0.05, 0) is 131 Å². The molecular formula is C33H54O3. The fourth-order valence-electron chi connectivity index (χ4n) is 12.1. The van der Waals surface area contributed by atoms with E-state index in [1.807, 2.05) is 0 Å². The van der Waals surface area contributed by atoms with Crippen LogP contribution in [0.2, 0.25) is 0 Å². The standard InChI is InChI=1S/C33H54O3/c1-20(2)11-10-12-21(3)22-15-16-31(9)24-14-13-23-28(4,5)26(34)25-27(36-29(6,7)35-25)33(23)19-32(24,33)18-17-30(22,31)8/h11,21-27,34H,10,12-19H2,1-9H3. The van der Waals surface area contributed by atoms with E-state index in [-0.39, 0.29) is 23.0 Å². The van der Waals surface area contributed by atoms with Gasteiger partial charge in [-0.3, -0.25) is 0 Å². The molecule has 204 valence electrons. The van der Waals surface area contributed by atoms with Crippen LogP contribution >= 0.6 is 0 Å². The minimum absolute atomic E-state index is 0.0523. The number of hydrogen-bond donors (Lipinski definition) is 1. The molecule has 0 amide bonds. The summed E-state index contributed by atoms with van der Waals surface area (Å²) >= 11 is 0. The Labute approximate surface area is 221 Å². The highest BCUT2D eigenvalue weighted by Gasteiger charge is 2.87.